The van der Waals surface area contributed by atoms with E-state index in [1.165, 1.54) is 12.8 Å². The number of nitrogens with zero attached hydrogens (tertiary/aromatic N) is 2. The van der Waals surface area contributed by atoms with Gasteiger partial charge < -0.3 is 14.8 Å². The first kappa shape index (κ1) is 17.2. The molecular formula is C19H22ClN3O3. The van der Waals surface area contributed by atoms with Crippen LogP contribution in [-0.4, -0.2) is 28.9 Å². The van der Waals surface area contributed by atoms with Crippen molar-refractivity contribution in [2.24, 2.45) is 5.92 Å². The van der Waals surface area contributed by atoms with Gasteiger partial charge in [0.15, 0.2) is 11.5 Å². The van der Waals surface area contributed by atoms with Crippen molar-refractivity contribution in [1.82, 2.24) is 9.78 Å². The van der Waals surface area contributed by atoms with E-state index >= 15 is 0 Å². The predicted octanol–water partition coefficient (Wildman–Crippen LogP) is 3.60. The standard InChI is InChI=1S/C19H22ClN3O3/c1-12-10-21-23(11-13-3-4-13)19(12)22-17(24)9-14-7-15(20)18-16(8-14)25-5-2-6-26-18/h7-8,10,13H,2-6,9,11H2,1H3,(H,22,24). The molecule has 1 aromatic carbocycles. The number of halogens is 1. The Morgan fingerprint density at radius 2 is 2.15 bits per heavy atom. The van der Waals surface area contributed by atoms with Crippen LogP contribution in [0.25, 0.3) is 0 Å². The molecule has 2 heterocycles. The molecule has 0 spiro atoms. The normalized spacial score (nSPS) is 16.2. The zero-order chi connectivity index (χ0) is 18.1. The van der Waals surface area contributed by atoms with E-state index in [1.807, 2.05) is 17.7 Å². The number of ether oxygens (including phenoxy) is 2. The van der Waals surface area contributed by atoms with Crippen LogP contribution < -0.4 is 14.8 Å². The maximum Gasteiger partial charge on any atom is 0.229 e. The second-order valence-electron chi connectivity index (χ2n) is 6.98. The first-order valence-corrected chi connectivity index (χ1v) is 9.38. The minimum Gasteiger partial charge on any atom is -0.489 e. The molecule has 0 unspecified atom stereocenters. The van der Waals surface area contributed by atoms with Crippen molar-refractivity contribution in [3.05, 3.63) is 34.5 Å². The van der Waals surface area contributed by atoms with Gasteiger partial charge in [-0.2, -0.15) is 5.10 Å². The minimum atomic E-state index is -0.101. The van der Waals surface area contributed by atoms with E-state index in [-0.39, 0.29) is 12.3 Å². The number of rotatable bonds is 5. The average Bonchev–Trinajstić information content (AvgIpc) is 3.38. The molecule has 1 amide bonds. The van der Waals surface area contributed by atoms with Gasteiger partial charge in [-0.25, -0.2) is 4.68 Å². The molecule has 1 aliphatic carbocycles. The van der Waals surface area contributed by atoms with Crippen LogP contribution in [0.1, 0.15) is 30.4 Å². The lowest BCUT2D eigenvalue weighted by Gasteiger charge is -2.13. The van der Waals surface area contributed by atoms with E-state index < -0.39 is 0 Å². The van der Waals surface area contributed by atoms with E-state index in [9.17, 15) is 4.79 Å². The number of nitrogens with one attached hydrogen (secondary N) is 1. The number of hydrogen-bond donors (Lipinski definition) is 1. The van der Waals surface area contributed by atoms with Gasteiger partial charge in [0.05, 0.1) is 30.9 Å². The summed E-state index contributed by atoms with van der Waals surface area (Å²) in [6.07, 6.45) is 5.29. The van der Waals surface area contributed by atoms with Crippen LogP contribution >= 0.6 is 11.6 Å². The average molecular weight is 376 g/mol. The van der Waals surface area contributed by atoms with Crippen molar-refractivity contribution in [2.45, 2.75) is 39.2 Å². The molecule has 2 aliphatic rings. The van der Waals surface area contributed by atoms with Gasteiger partial charge in [0.2, 0.25) is 5.91 Å². The molecular weight excluding hydrogens is 354 g/mol. The Kier molecular flexibility index (Phi) is 4.76. The number of carbonyl (C=O) groups is 1. The molecule has 1 N–H and O–H groups in total. The van der Waals surface area contributed by atoms with Crippen molar-refractivity contribution < 1.29 is 14.3 Å². The third-order valence-electron chi connectivity index (χ3n) is 4.63. The quantitative estimate of drug-likeness (QED) is 0.867. The molecule has 1 saturated carbocycles. The summed E-state index contributed by atoms with van der Waals surface area (Å²) in [5.41, 5.74) is 1.76. The molecule has 1 aromatic heterocycles. The molecule has 1 fully saturated rings. The highest BCUT2D eigenvalue weighted by Gasteiger charge is 2.24. The summed E-state index contributed by atoms with van der Waals surface area (Å²) < 4.78 is 13.2. The molecule has 26 heavy (non-hydrogen) atoms. The second-order valence-corrected chi connectivity index (χ2v) is 7.39. The highest BCUT2D eigenvalue weighted by Crippen LogP contribution is 2.38. The Morgan fingerprint density at radius 1 is 1.35 bits per heavy atom. The SMILES string of the molecule is Cc1cnn(CC2CC2)c1NC(=O)Cc1cc(Cl)c2c(c1)OCCCO2. The van der Waals surface area contributed by atoms with Crippen molar-refractivity contribution in [3.63, 3.8) is 0 Å². The van der Waals surface area contributed by atoms with Crippen molar-refractivity contribution in [3.8, 4) is 11.5 Å². The van der Waals surface area contributed by atoms with Crippen molar-refractivity contribution >= 4 is 23.3 Å². The monoisotopic (exact) mass is 375 g/mol. The van der Waals surface area contributed by atoms with E-state index in [0.29, 0.717) is 35.7 Å². The minimum absolute atomic E-state index is 0.101. The number of hydrogen-bond acceptors (Lipinski definition) is 4. The fourth-order valence-corrected chi connectivity index (χ4v) is 3.36. The largest absolute Gasteiger partial charge is 0.489 e. The molecule has 0 atom stereocenters. The van der Waals surface area contributed by atoms with E-state index in [4.69, 9.17) is 21.1 Å². The molecule has 6 nitrogen and oxygen atoms in total. The Morgan fingerprint density at radius 3 is 2.96 bits per heavy atom. The Labute approximate surface area is 157 Å². The zero-order valence-electron chi connectivity index (χ0n) is 14.8. The zero-order valence-corrected chi connectivity index (χ0v) is 15.5. The summed E-state index contributed by atoms with van der Waals surface area (Å²) in [5.74, 6) is 2.53. The van der Waals surface area contributed by atoms with Gasteiger partial charge in [0.1, 0.15) is 5.82 Å². The Bertz CT molecular complexity index is 830. The lowest BCUT2D eigenvalue weighted by molar-refractivity contribution is -0.115. The van der Waals surface area contributed by atoms with E-state index in [0.717, 1.165) is 29.9 Å². The first-order valence-electron chi connectivity index (χ1n) is 9.00. The smallest absolute Gasteiger partial charge is 0.229 e. The van der Waals surface area contributed by atoms with Gasteiger partial charge in [0, 0.05) is 18.5 Å². The summed E-state index contributed by atoms with van der Waals surface area (Å²) in [7, 11) is 0. The molecule has 1 aliphatic heterocycles. The van der Waals surface area contributed by atoms with Gasteiger partial charge in [0.25, 0.3) is 0 Å². The highest BCUT2D eigenvalue weighted by molar-refractivity contribution is 6.32. The summed E-state index contributed by atoms with van der Waals surface area (Å²) in [4.78, 5) is 12.6. The molecule has 0 bridgehead atoms. The number of aromatic nitrogens is 2. The van der Waals surface area contributed by atoms with Crippen molar-refractivity contribution in [2.75, 3.05) is 18.5 Å². The lowest BCUT2D eigenvalue weighted by atomic mass is 10.1. The number of amides is 1. The summed E-state index contributed by atoms with van der Waals surface area (Å²) in [6, 6.07) is 3.60. The van der Waals surface area contributed by atoms with Crippen LogP contribution in [0, 0.1) is 12.8 Å². The second kappa shape index (κ2) is 7.19. The molecule has 7 heteroatoms. The van der Waals surface area contributed by atoms with Crippen LogP contribution in [-0.2, 0) is 17.8 Å². The number of aryl methyl sites for hydroxylation is 1. The first-order chi connectivity index (χ1) is 12.6. The molecule has 4 rings (SSSR count). The maximum absolute atomic E-state index is 12.6. The molecule has 138 valence electrons. The molecule has 0 saturated heterocycles. The van der Waals surface area contributed by atoms with Gasteiger partial charge in [-0.05, 0) is 43.4 Å². The molecule has 0 radical (unpaired) electrons. The third kappa shape index (κ3) is 3.80. The Hall–Kier alpha value is -2.21. The van der Waals surface area contributed by atoms with Crippen LogP contribution in [0.15, 0.2) is 18.3 Å². The van der Waals surface area contributed by atoms with Gasteiger partial charge in [-0.15, -0.1) is 0 Å². The van der Waals surface area contributed by atoms with Crippen LogP contribution in [0.2, 0.25) is 5.02 Å². The fraction of sp³-hybridized carbons (Fsp3) is 0.474. The van der Waals surface area contributed by atoms with E-state index in [2.05, 4.69) is 10.4 Å². The van der Waals surface area contributed by atoms with Crippen LogP contribution in [0.4, 0.5) is 5.82 Å². The third-order valence-corrected chi connectivity index (χ3v) is 4.92. The van der Waals surface area contributed by atoms with Gasteiger partial charge in [-0.1, -0.05) is 11.6 Å². The predicted molar refractivity (Wildman–Crippen MR) is 99.1 cm³/mol. The summed E-state index contributed by atoms with van der Waals surface area (Å²) >= 11 is 6.31. The highest BCUT2D eigenvalue weighted by atomic mass is 35.5. The number of benzene rings is 1. The number of fused-ring (bicyclic) bond motifs is 1. The number of carbonyl (C=O) groups excluding carboxylic acids is 1. The molecule has 2 aromatic rings. The summed E-state index contributed by atoms with van der Waals surface area (Å²) in [6.45, 7) is 3.98. The topological polar surface area (TPSA) is 65.4 Å². The maximum atomic E-state index is 12.6. The van der Waals surface area contributed by atoms with E-state index in [1.54, 1.807) is 12.3 Å². The summed E-state index contributed by atoms with van der Waals surface area (Å²) in [5, 5.41) is 7.86. The van der Waals surface area contributed by atoms with Crippen molar-refractivity contribution in [1.29, 1.82) is 0 Å². The van der Waals surface area contributed by atoms with Crippen LogP contribution in [0.5, 0.6) is 11.5 Å². The fourth-order valence-electron chi connectivity index (χ4n) is 3.07. The van der Waals surface area contributed by atoms with Crippen LogP contribution in [0.3, 0.4) is 0 Å². The van der Waals surface area contributed by atoms with Gasteiger partial charge in [-0.3, -0.25) is 4.79 Å². The number of anilines is 1. The lowest BCUT2D eigenvalue weighted by Crippen LogP contribution is -2.19. The van der Waals surface area contributed by atoms with Gasteiger partial charge >= 0.3 is 0 Å². The Balaban J connectivity index is 1.48.